The van der Waals surface area contributed by atoms with Crippen molar-refractivity contribution in [3.8, 4) is 23.3 Å². The fraction of sp³-hybridized carbons (Fsp3) is 0.111. The maximum absolute atomic E-state index is 10.4. The number of nitrogens with zero attached hydrogens (tertiary/aromatic N) is 5. The van der Waals surface area contributed by atoms with Crippen molar-refractivity contribution in [1.29, 1.82) is 0 Å². The van der Waals surface area contributed by atoms with E-state index in [0.717, 1.165) is 27.4 Å². The van der Waals surface area contributed by atoms with Gasteiger partial charge in [-0.1, -0.05) is 44.2 Å². The van der Waals surface area contributed by atoms with Crippen LogP contribution in [0.3, 0.4) is 0 Å². The number of benzene rings is 2. The minimum absolute atomic E-state index is 0. The number of fused-ring (bicyclic) bond motifs is 4. The molecule has 0 spiro atoms. The van der Waals surface area contributed by atoms with Crippen LogP contribution in [0.4, 0.5) is 0 Å². The number of phenols is 1. The maximum atomic E-state index is 10.4. The largest absolute Gasteiger partial charge is 0.506 e. The molecular weight excluding hydrogens is 621 g/mol. The first kappa shape index (κ1) is 22.9. The van der Waals surface area contributed by atoms with Crippen molar-refractivity contribution in [2.75, 3.05) is 0 Å². The van der Waals surface area contributed by atoms with Crippen molar-refractivity contribution in [2.24, 2.45) is 0 Å². The topological polar surface area (TPSA) is 86.0 Å². The minimum Gasteiger partial charge on any atom is -0.506 e. The molecule has 0 atom stereocenters. The summed E-state index contributed by atoms with van der Waals surface area (Å²) in [5.41, 5.74) is 3.96. The first-order valence-corrected chi connectivity index (χ1v) is 11.0. The Kier molecular flexibility index (Phi) is 5.95. The molecule has 0 fully saturated rings. The van der Waals surface area contributed by atoms with Crippen molar-refractivity contribution in [3.05, 3.63) is 84.8 Å². The summed E-state index contributed by atoms with van der Waals surface area (Å²) in [6, 6.07) is 20.4. The van der Waals surface area contributed by atoms with Crippen molar-refractivity contribution < 1.29 is 30.9 Å². The summed E-state index contributed by atoms with van der Waals surface area (Å²) in [4.78, 5) is 18.1. The zero-order valence-electron chi connectivity index (χ0n) is 18.9. The minimum atomic E-state index is 0. The van der Waals surface area contributed by atoms with E-state index in [1.165, 1.54) is 0 Å². The molecule has 8 heteroatoms. The molecule has 4 aromatic heterocycles. The molecule has 0 unspecified atom stereocenters. The predicted molar refractivity (Wildman–Crippen MR) is 131 cm³/mol. The molecule has 6 rings (SSSR count). The van der Waals surface area contributed by atoms with Crippen molar-refractivity contribution in [3.63, 3.8) is 0 Å². The van der Waals surface area contributed by atoms with Crippen molar-refractivity contribution in [2.45, 2.75) is 19.8 Å². The molecular formula is C27H20N5O2Pt-. The fourth-order valence-corrected chi connectivity index (χ4v) is 4.28. The standard InChI is InChI=1S/C27H20N5O2.Pt/c1-16(2)20-14-24(31-26-18(20)8-5-10-23(26)33)34-17-13-22-25(30-15-17)19-7-3-4-9-21(19)32(22)27-28-11-6-12-29-27;/h3-12,14-16,33H,1-2H3;/q-1;. The number of hydrogen-bond acceptors (Lipinski definition) is 6. The number of ether oxygens (including phenoxy) is 1. The molecule has 2 aromatic carbocycles. The third-order valence-corrected chi connectivity index (χ3v) is 5.82. The van der Waals surface area contributed by atoms with E-state index in [2.05, 4.69) is 39.8 Å². The Balaban J connectivity index is 0.00000253. The molecule has 1 N–H and O–H groups in total. The van der Waals surface area contributed by atoms with E-state index < -0.39 is 0 Å². The van der Waals surface area contributed by atoms with Gasteiger partial charge in [0.25, 0.3) is 0 Å². The molecule has 35 heavy (non-hydrogen) atoms. The van der Waals surface area contributed by atoms with Gasteiger partial charge in [0.05, 0.1) is 0 Å². The molecule has 6 aromatic rings. The molecule has 0 bridgehead atoms. The number of phenolic OH excluding ortho intramolecular Hbond substituents is 1. The number of para-hydroxylation sites is 2. The first-order valence-electron chi connectivity index (χ1n) is 11.0. The number of pyridine rings is 2. The summed E-state index contributed by atoms with van der Waals surface area (Å²) in [7, 11) is 0. The Morgan fingerprint density at radius 1 is 0.914 bits per heavy atom. The molecule has 4 heterocycles. The van der Waals surface area contributed by atoms with Crippen LogP contribution in [0.5, 0.6) is 17.4 Å². The number of hydrogen-bond donors (Lipinski definition) is 1. The molecule has 0 aliphatic carbocycles. The predicted octanol–water partition coefficient (Wildman–Crippen LogP) is 5.94. The summed E-state index contributed by atoms with van der Waals surface area (Å²) in [6.45, 7) is 4.20. The zero-order valence-corrected chi connectivity index (χ0v) is 21.2. The summed E-state index contributed by atoms with van der Waals surface area (Å²) in [5, 5.41) is 12.3. The van der Waals surface area contributed by atoms with E-state index in [1.54, 1.807) is 30.7 Å². The molecule has 0 radical (unpaired) electrons. The van der Waals surface area contributed by atoms with E-state index in [9.17, 15) is 5.11 Å². The van der Waals surface area contributed by atoms with Crippen LogP contribution in [-0.4, -0.2) is 29.6 Å². The van der Waals surface area contributed by atoms with Gasteiger partial charge in [-0.25, -0.2) is 15.0 Å². The summed E-state index contributed by atoms with van der Waals surface area (Å²) in [5.74, 6) is 1.64. The zero-order chi connectivity index (χ0) is 23.2. The number of aromatic nitrogens is 5. The third-order valence-electron chi connectivity index (χ3n) is 5.82. The van der Waals surface area contributed by atoms with Gasteiger partial charge in [0.2, 0.25) is 11.8 Å². The Morgan fingerprint density at radius 3 is 2.49 bits per heavy atom. The smallest absolute Gasteiger partial charge is 0.232 e. The van der Waals surface area contributed by atoms with Gasteiger partial charge in [-0.2, -0.15) is 0 Å². The molecule has 0 aliphatic rings. The van der Waals surface area contributed by atoms with Crippen LogP contribution in [0, 0.1) is 6.07 Å². The van der Waals surface area contributed by atoms with Gasteiger partial charge >= 0.3 is 0 Å². The van der Waals surface area contributed by atoms with E-state index in [-0.39, 0.29) is 32.7 Å². The average Bonchev–Trinajstić information content (AvgIpc) is 3.18. The molecule has 0 saturated carbocycles. The third kappa shape index (κ3) is 3.92. The Morgan fingerprint density at radius 2 is 1.69 bits per heavy atom. The van der Waals surface area contributed by atoms with Crippen LogP contribution >= 0.6 is 0 Å². The van der Waals surface area contributed by atoms with E-state index >= 15 is 0 Å². The SMILES string of the molecule is CC(C)c1cc(Oc2[c-]c3c(nc2)c2ccccc2n3-c2ncccn2)nc2c(O)cccc12.[Pt]. The summed E-state index contributed by atoms with van der Waals surface area (Å²) < 4.78 is 8.05. The molecule has 0 amide bonds. The van der Waals surface area contributed by atoms with Crippen LogP contribution in [0.1, 0.15) is 25.3 Å². The first-order chi connectivity index (χ1) is 16.6. The fourth-order valence-electron chi connectivity index (χ4n) is 4.28. The Bertz CT molecular complexity index is 1680. The molecule has 0 saturated heterocycles. The van der Waals surface area contributed by atoms with Gasteiger partial charge in [-0.3, -0.25) is 0 Å². The monoisotopic (exact) mass is 641 g/mol. The van der Waals surface area contributed by atoms with Crippen LogP contribution < -0.4 is 4.74 Å². The quantitative estimate of drug-likeness (QED) is 0.240. The van der Waals surface area contributed by atoms with Crippen LogP contribution in [-0.2, 0) is 21.1 Å². The van der Waals surface area contributed by atoms with Gasteiger partial charge < -0.3 is 19.4 Å². The van der Waals surface area contributed by atoms with Crippen molar-refractivity contribution >= 4 is 32.8 Å². The van der Waals surface area contributed by atoms with Gasteiger partial charge in [-0.05, 0) is 52.3 Å². The second-order valence-corrected chi connectivity index (χ2v) is 8.33. The summed E-state index contributed by atoms with van der Waals surface area (Å²) in [6.07, 6.45) is 5.04. The van der Waals surface area contributed by atoms with Gasteiger partial charge in [0.1, 0.15) is 11.3 Å². The summed E-state index contributed by atoms with van der Waals surface area (Å²) >= 11 is 0. The second-order valence-electron chi connectivity index (χ2n) is 8.33. The normalized spacial score (nSPS) is 11.3. The Labute approximate surface area is 215 Å². The molecule has 7 nitrogen and oxygen atoms in total. The van der Waals surface area contributed by atoms with E-state index in [4.69, 9.17) is 4.74 Å². The van der Waals surface area contributed by atoms with Crippen molar-refractivity contribution in [1.82, 2.24) is 24.5 Å². The maximum Gasteiger partial charge on any atom is 0.232 e. The number of rotatable bonds is 4. The van der Waals surface area contributed by atoms with Gasteiger partial charge in [0, 0.05) is 56.2 Å². The molecule has 0 aliphatic heterocycles. The van der Waals surface area contributed by atoms with Crippen LogP contribution in [0.25, 0.3) is 38.8 Å². The van der Waals surface area contributed by atoms with E-state index in [0.29, 0.717) is 28.6 Å². The van der Waals surface area contributed by atoms with Crippen LogP contribution in [0.15, 0.2) is 73.2 Å². The van der Waals surface area contributed by atoms with E-state index in [1.807, 2.05) is 47.0 Å². The second kappa shape index (κ2) is 9.08. The number of aromatic hydroxyl groups is 1. The molecule has 176 valence electrons. The van der Waals surface area contributed by atoms with Gasteiger partial charge in [-0.15, -0.1) is 6.07 Å². The van der Waals surface area contributed by atoms with Gasteiger partial charge in [0.15, 0.2) is 0 Å². The Hall–Kier alpha value is -3.83. The average molecular weight is 642 g/mol. The van der Waals surface area contributed by atoms with Crippen LogP contribution in [0.2, 0.25) is 0 Å².